The van der Waals surface area contributed by atoms with Crippen molar-refractivity contribution in [3.63, 3.8) is 0 Å². The van der Waals surface area contributed by atoms with Crippen molar-refractivity contribution in [2.24, 2.45) is 5.92 Å². The molecule has 0 saturated carbocycles. The van der Waals surface area contributed by atoms with Crippen molar-refractivity contribution in [2.75, 3.05) is 30.7 Å². The lowest BCUT2D eigenvalue weighted by atomic mass is 9.97. The van der Waals surface area contributed by atoms with E-state index in [2.05, 4.69) is 39.2 Å². The molecule has 0 radical (unpaired) electrons. The van der Waals surface area contributed by atoms with Gasteiger partial charge in [-0.25, -0.2) is 13.1 Å². The van der Waals surface area contributed by atoms with Crippen molar-refractivity contribution in [1.82, 2.24) is 9.62 Å². The number of carbonyl (C=O) groups is 1. The number of nitrogens with zero attached hydrogens (tertiary/aromatic N) is 1. The number of benzene rings is 3. The minimum Gasteiger partial charge on any atom is -0.397 e. The molecule has 0 atom stereocenters. The number of hydrogen-bond acceptors (Lipinski definition) is 5. The highest BCUT2D eigenvalue weighted by Gasteiger charge is 2.22. The Morgan fingerprint density at radius 1 is 0.912 bits per heavy atom. The summed E-state index contributed by atoms with van der Waals surface area (Å²) in [5.41, 5.74) is 8.49. The zero-order chi connectivity index (χ0) is 24.0. The van der Waals surface area contributed by atoms with E-state index in [9.17, 15) is 13.2 Å². The summed E-state index contributed by atoms with van der Waals surface area (Å²) in [6, 6.07) is 23.3. The molecule has 0 aromatic heterocycles. The van der Waals surface area contributed by atoms with Gasteiger partial charge in [0.05, 0.1) is 16.3 Å². The summed E-state index contributed by atoms with van der Waals surface area (Å²) in [6.45, 7) is 3.25. The van der Waals surface area contributed by atoms with Crippen LogP contribution in [0, 0.1) is 5.92 Å². The fraction of sp³-hybridized carbons (Fsp3) is 0.269. The van der Waals surface area contributed by atoms with Crippen LogP contribution in [0.15, 0.2) is 83.8 Å². The standard InChI is InChI=1S/C26H30N4O3S/c27-24-8-4-5-9-25(24)29-26(31)22-10-12-23(13-11-22)34(32,33)28-18-20-14-16-30(17-15-20)19-21-6-2-1-3-7-21/h1-13,20,28H,14-19,27H2,(H,29,31). The van der Waals surface area contributed by atoms with Crippen LogP contribution >= 0.6 is 0 Å². The van der Waals surface area contributed by atoms with E-state index in [1.807, 2.05) is 6.07 Å². The highest BCUT2D eigenvalue weighted by atomic mass is 32.2. The number of amides is 1. The van der Waals surface area contributed by atoms with Crippen LogP contribution in [0.5, 0.6) is 0 Å². The van der Waals surface area contributed by atoms with E-state index >= 15 is 0 Å². The molecule has 8 heteroatoms. The van der Waals surface area contributed by atoms with Crippen LogP contribution in [0.25, 0.3) is 0 Å². The average Bonchev–Trinajstić information content (AvgIpc) is 2.86. The first-order valence-corrected chi connectivity index (χ1v) is 12.9. The molecule has 34 heavy (non-hydrogen) atoms. The Hall–Kier alpha value is -3.20. The monoisotopic (exact) mass is 478 g/mol. The number of nitrogen functional groups attached to an aromatic ring is 1. The van der Waals surface area contributed by atoms with Crippen molar-refractivity contribution >= 4 is 27.3 Å². The Balaban J connectivity index is 1.27. The van der Waals surface area contributed by atoms with Crippen LogP contribution < -0.4 is 15.8 Å². The van der Waals surface area contributed by atoms with E-state index in [0.717, 1.165) is 32.5 Å². The number of nitrogens with two attached hydrogens (primary N) is 1. The molecule has 0 bridgehead atoms. The number of para-hydroxylation sites is 2. The van der Waals surface area contributed by atoms with E-state index < -0.39 is 10.0 Å². The maximum atomic E-state index is 12.8. The van der Waals surface area contributed by atoms with Crippen LogP contribution in [-0.2, 0) is 16.6 Å². The van der Waals surface area contributed by atoms with Crippen molar-refractivity contribution in [1.29, 1.82) is 0 Å². The number of hydrogen-bond donors (Lipinski definition) is 3. The van der Waals surface area contributed by atoms with Crippen LogP contribution in [-0.4, -0.2) is 38.9 Å². The van der Waals surface area contributed by atoms with Gasteiger partial charge in [0.2, 0.25) is 10.0 Å². The molecule has 3 aromatic rings. The van der Waals surface area contributed by atoms with Gasteiger partial charge in [-0.3, -0.25) is 9.69 Å². The molecule has 1 aliphatic rings. The summed E-state index contributed by atoms with van der Waals surface area (Å²) in [5, 5.41) is 2.74. The first kappa shape index (κ1) is 23.9. The third-order valence-electron chi connectivity index (χ3n) is 6.15. The summed E-state index contributed by atoms with van der Waals surface area (Å²) in [4.78, 5) is 15.0. The number of sulfonamides is 1. The molecule has 1 amide bonds. The lowest BCUT2D eigenvalue weighted by Crippen LogP contribution is -2.38. The average molecular weight is 479 g/mol. The van der Waals surface area contributed by atoms with Gasteiger partial charge in [0, 0.05) is 18.7 Å². The van der Waals surface area contributed by atoms with E-state index in [1.165, 1.54) is 29.8 Å². The molecular weight excluding hydrogens is 448 g/mol. The summed E-state index contributed by atoms with van der Waals surface area (Å²) in [7, 11) is -3.65. The lowest BCUT2D eigenvalue weighted by Gasteiger charge is -2.32. The molecule has 1 saturated heterocycles. The number of anilines is 2. The van der Waals surface area contributed by atoms with Crippen molar-refractivity contribution < 1.29 is 13.2 Å². The molecule has 0 spiro atoms. The van der Waals surface area contributed by atoms with E-state index in [1.54, 1.807) is 24.3 Å². The van der Waals surface area contributed by atoms with Crippen LogP contribution in [0.2, 0.25) is 0 Å². The molecule has 7 nitrogen and oxygen atoms in total. The third kappa shape index (κ3) is 6.22. The maximum Gasteiger partial charge on any atom is 0.255 e. The fourth-order valence-electron chi connectivity index (χ4n) is 4.09. The number of carbonyl (C=O) groups excluding carboxylic acids is 1. The minimum absolute atomic E-state index is 0.143. The second-order valence-corrected chi connectivity index (χ2v) is 10.4. The van der Waals surface area contributed by atoms with Gasteiger partial charge in [-0.15, -0.1) is 0 Å². The number of rotatable bonds is 8. The highest BCUT2D eigenvalue weighted by Crippen LogP contribution is 2.21. The van der Waals surface area contributed by atoms with Gasteiger partial charge >= 0.3 is 0 Å². The molecule has 1 heterocycles. The minimum atomic E-state index is -3.65. The Morgan fingerprint density at radius 2 is 1.56 bits per heavy atom. The number of piperidine rings is 1. The zero-order valence-corrected chi connectivity index (χ0v) is 19.8. The molecule has 1 fully saturated rings. The van der Waals surface area contributed by atoms with Gasteiger partial charge < -0.3 is 11.1 Å². The Kier molecular flexibility index (Phi) is 7.62. The normalized spacial score (nSPS) is 15.2. The second-order valence-electron chi connectivity index (χ2n) is 8.62. The van der Waals surface area contributed by atoms with Gasteiger partial charge in [-0.1, -0.05) is 42.5 Å². The highest BCUT2D eigenvalue weighted by molar-refractivity contribution is 7.89. The predicted molar refractivity (Wildman–Crippen MR) is 135 cm³/mol. The lowest BCUT2D eigenvalue weighted by molar-refractivity contribution is 0.102. The van der Waals surface area contributed by atoms with E-state index in [4.69, 9.17) is 5.73 Å². The van der Waals surface area contributed by atoms with Crippen molar-refractivity contribution in [3.05, 3.63) is 90.0 Å². The van der Waals surface area contributed by atoms with E-state index in [-0.39, 0.29) is 10.8 Å². The SMILES string of the molecule is Nc1ccccc1NC(=O)c1ccc(S(=O)(=O)NCC2CCN(Cc3ccccc3)CC2)cc1. The molecule has 178 valence electrons. The van der Waals surface area contributed by atoms with E-state index in [0.29, 0.717) is 29.4 Å². The summed E-state index contributed by atoms with van der Waals surface area (Å²) in [6.07, 6.45) is 1.91. The quantitative estimate of drug-likeness (QED) is 0.428. The second kappa shape index (κ2) is 10.8. The van der Waals surface area contributed by atoms with Crippen molar-refractivity contribution in [3.8, 4) is 0 Å². The number of nitrogens with one attached hydrogen (secondary N) is 2. The van der Waals surface area contributed by atoms with Gasteiger partial charge in [0.1, 0.15) is 0 Å². The Bertz CT molecular complexity index is 1210. The first-order chi connectivity index (χ1) is 16.4. The van der Waals surface area contributed by atoms with Gasteiger partial charge in [0.25, 0.3) is 5.91 Å². The van der Waals surface area contributed by atoms with Crippen LogP contribution in [0.3, 0.4) is 0 Å². The summed E-state index contributed by atoms with van der Waals surface area (Å²) in [5.74, 6) is -0.0414. The van der Waals surface area contributed by atoms with Crippen LogP contribution in [0.4, 0.5) is 11.4 Å². The molecule has 0 unspecified atom stereocenters. The Labute approximate surface area is 201 Å². The molecule has 4 rings (SSSR count). The molecule has 0 aliphatic carbocycles. The van der Waals surface area contributed by atoms with Gasteiger partial charge in [-0.2, -0.15) is 0 Å². The molecular formula is C26H30N4O3S. The van der Waals surface area contributed by atoms with Gasteiger partial charge in [-0.05, 0) is 73.8 Å². The van der Waals surface area contributed by atoms with Gasteiger partial charge in [0.15, 0.2) is 0 Å². The van der Waals surface area contributed by atoms with Crippen LogP contribution in [0.1, 0.15) is 28.8 Å². The maximum absolute atomic E-state index is 12.8. The molecule has 1 aliphatic heterocycles. The largest absolute Gasteiger partial charge is 0.397 e. The number of likely N-dealkylation sites (tertiary alicyclic amines) is 1. The predicted octanol–water partition coefficient (Wildman–Crippen LogP) is 3.71. The fourth-order valence-corrected chi connectivity index (χ4v) is 5.21. The van der Waals surface area contributed by atoms with Crippen molar-refractivity contribution in [2.45, 2.75) is 24.3 Å². The topological polar surface area (TPSA) is 105 Å². The third-order valence-corrected chi connectivity index (χ3v) is 7.59. The summed E-state index contributed by atoms with van der Waals surface area (Å²) < 4.78 is 28.3. The molecule has 3 aromatic carbocycles. The first-order valence-electron chi connectivity index (χ1n) is 11.4. The summed E-state index contributed by atoms with van der Waals surface area (Å²) >= 11 is 0. The smallest absolute Gasteiger partial charge is 0.255 e. The zero-order valence-electron chi connectivity index (χ0n) is 19.0. The molecule has 4 N–H and O–H groups in total. The Morgan fingerprint density at radius 3 is 2.24 bits per heavy atom.